The molecule has 0 aliphatic carbocycles. The van der Waals surface area contributed by atoms with Crippen LogP contribution in [0.3, 0.4) is 0 Å². The number of benzene rings is 1. The van der Waals surface area contributed by atoms with Crippen LogP contribution in [-0.4, -0.2) is 34.2 Å². The highest BCUT2D eigenvalue weighted by Gasteiger charge is 2.32. The topological polar surface area (TPSA) is 79.9 Å². The number of amides is 1. The van der Waals surface area contributed by atoms with Gasteiger partial charge >= 0.3 is 0 Å². The van der Waals surface area contributed by atoms with Crippen molar-refractivity contribution in [2.75, 3.05) is 13.2 Å². The van der Waals surface area contributed by atoms with Crippen LogP contribution in [-0.2, 0) is 4.74 Å². The molecule has 2 N–H and O–H groups in total. The Labute approximate surface area is 139 Å². The maximum atomic E-state index is 12.3. The Balaban J connectivity index is 1.62. The quantitative estimate of drug-likeness (QED) is 0.900. The van der Waals surface area contributed by atoms with E-state index in [-0.39, 0.29) is 17.9 Å². The lowest BCUT2D eigenvalue weighted by Gasteiger charge is -2.16. The molecule has 122 valence electrons. The summed E-state index contributed by atoms with van der Waals surface area (Å²) in [4.78, 5) is 16.6. The molecule has 1 saturated heterocycles. The van der Waals surface area contributed by atoms with Gasteiger partial charge in [-0.2, -0.15) is 5.10 Å². The predicted molar refractivity (Wildman–Crippen MR) is 86.4 cm³/mol. The Bertz CT molecular complexity index is 716. The lowest BCUT2D eigenvalue weighted by atomic mass is 10.0. The molecule has 0 saturated carbocycles. The largest absolute Gasteiger partial charge is 0.370 e. The van der Waals surface area contributed by atoms with E-state index in [9.17, 15) is 4.79 Å². The van der Waals surface area contributed by atoms with Crippen molar-refractivity contribution in [1.82, 2.24) is 20.5 Å². The number of ether oxygens (including phenoxy) is 1. The maximum Gasteiger partial charge on any atom is 0.251 e. The number of carbonyl (C=O) groups is 1. The fourth-order valence-electron chi connectivity index (χ4n) is 2.68. The molecule has 2 atom stereocenters. The van der Waals surface area contributed by atoms with Crippen molar-refractivity contribution in [1.29, 1.82) is 0 Å². The highest BCUT2D eigenvalue weighted by molar-refractivity contribution is 6.31. The summed E-state index contributed by atoms with van der Waals surface area (Å²) in [6.07, 6.45) is 0.689. The van der Waals surface area contributed by atoms with Gasteiger partial charge in [-0.3, -0.25) is 9.89 Å². The molecule has 0 unspecified atom stereocenters. The van der Waals surface area contributed by atoms with E-state index < -0.39 is 0 Å². The number of halogens is 1. The standard InChI is InChI=1S/C16H19ClN4O2/c1-9-3-4-11(7-13(9)17)16(22)18-8-12-5-6-23-14(12)15-19-10(2)20-21-15/h3-4,7,12,14H,5-6,8H2,1-2H3,(H,18,22)(H,19,20,21)/t12-,14-/m0/s1. The molecule has 3 rings (SSSR count). The predicted octanol–water partition coefficient (Wildman–Crippen LogP) is 2.58. The highest BCUT2D eigenvalue weighted by atomic mass is 35.5. The minimum absolute atomic E-state index is 0.135. The third-order valence-electron chi connectivity index (χ3n) is 4.04. The summed E-state index contributed by atoms with van der Waals surface area (Å²) in [6, 6.07) is 5.31. The number of rotatable bonds is 4. The monoisotopic (exact) mass is 334 g/mol. The SMILES string of the molecule is Cc1nc([C@H]2OCC[C@H]2CNC(=O)c2ccc(C)c(Cl)c2)n[nH]1. The average molecular weight is 335 g/mol. The Morgan fingerprint density at radius 3 is 3.00 bits per heavy atom. The van der Waals surface area contributed by atoms with Crippen molar-refractivity contribution in [3.8, 4) is 0 Å². The van der Waals surface area contributed by atoms with Gasteiger partial charge in [-0.05, 0) is 38.0 Å². The van der Waals surface area contributed by atoms with E-state index >= 15 is 0 Å². The van der Waals surface area contributed by atoms with Crippen LogP contribution < -0.4 is 5.32 Å². The van der Waals surface area contributed by atoms with E-state index in [0.29, 0.717) is 29.6 Å². The number of nitrogens with one attached hydrogen (secondary N) is 2. The molecule has 1 fully saturated rings. The summed E-state index contributed by atoms with van der Waals surface area (Å²) in [5.41, 5.74) is 1.51. The van der Waals surface area contributed by atoms with Crippen molar-refractivity contribution < 1.29 is 9.53 Å². The summed E-state index contributed by atoms with van der Waals surface area (Å²) < 4.78 is 5.72. The van der Waals surface area contributed by atoms with Gasteiger partial charge in [0.25, 0.3) is 5.91 Å². The van der Waals surface area contributed by atoms with E-state index in [2.05, 4.69) is 20.5 Å². The summed E-state index contributed by atoms with van der Waals surface area (Å²) in [5.74, 6) is 1.43. The first kappa shape index (κ1) is 16.0. The molecular weight excluding hydrogens is 316 g/mol. The van der Waals surface area contributed by atoms with E-state index in [1.165, 1.54) is 0 Å². The first-order valence-electron chi connectivity index (χ1n) is 7.59. The van der Waals surface area contributed by atoms with Crippen LogP contribution in [0.1, 0.15) is 40.1 Å². The zero-order valence-corrected chi connectivity index (χ0v) is 13.9. The number of carbonyl (C=O) groups excluding carboxylic acids is 1. The van der Waals surface area contributed by atoms with Crippen LogP contribution in [0, 0.1) is 19.8 Å². The van der Waals surface area contributed by atoms with Crippen LogP contribution in [0.2, 0.25) is 5.02 Å². The van der Waals surface area contributed by atoms with Crippen molar-refractivity contribution in [2.24, 2.45) is 5.92 Å². The second kappa shape index (κ2) is 6.68. The average Bonchev–Trinajstić information content (AvgIpc) is 3.16. The molecule has 1 aliphatic rings. The van der Waals surface area contributed by atoms with Crippen LogP contribution in [0.5, 0.6) is 0 Å². The number of aromatic nitrogens is 3. The van der Waals surface area contributed by atoms with Gasteiger partial charge in [0, 0.05) is 29.7 Å². The van der Waals surface area contributed by atoms with Crippen molar-refractivity contribution in [2.45, 2.75) is 26.4 Å². The molecule has 1 aliphatic heterocycles. The molecule has 2 aromatic rings. The van der Waals surface area contributed by atoms with Crippen LogP contribution >= 0.6 is 11.6 Å². The zero-order chi connectivity index (χ0) is 16.4. The zero-order valence-electron chi connectivity index (χ0n) is 13.1. The Morgan fingerprint density at radius 2 is 2.30 bits per heavy atom. The second-order valence-corrected chi connectivity index (χ2v) is 6.20. The third kappa shape index (κ3) is 3.54. The van der Waals surface area contributed by atoms with Gasteiger partial charge in [0.15, 0.2) is 5.82 Å². The van der Waals surface area contributed by atoms with Gasteiger partial charge in [0.05, 0.1) is 0 Å². The molecule has 0 bridgehead atoms. The molecule has 1 aromatic carbocycles. The first-order valence-corrected chi connectivity index (χ1v) is 7.97. The Kier molecular flexibility index (Phi) is 4.63. The molecule has 7 heteroatoms. The van der Waals surface area contributed by atoms with E-state index in [4.69, 9.17) is 16.3 Å². The summed E-state index contributed by atoms with van der Waals surface area (Å²) >= 11 is 6.07. The molecule has 1 amide bonds. The molecule has 1 aromatic heterocycles. The fourth-order valence-corrected chi connectivity index (χ4v) is 2.86. The fraction of sp³-hybridized carbons (Fsp3) is 0.438. The third-order valence-corrected chi connectivity index (χ3v) is 4.45. The normalized spacial score (nSPS) is 20.7. The molecule has 6 nitrogen and oxygen atoms in total. The Hall–Kier alpha value is -1.92. The summed E-state index contributed by atoms with van der Waals surface area (Å²) in [7, 11) is 0. The molecule has 23 heavy (non-hydrogen) atoms. The van der Waals surface area contributed by atoms with Gasteiger partial charge in [0.2, 0.25) is 0 Å². The van der Waals surface area contributed by atoms with Crippen molar-refractivity contribution in [3.63, 3.8) is 0 Å². The van der Waals surface area contributed by atoms with E-state index in [1.54, 1.807) is 12.1 Å². The molecule has 2 heterocycles. The second-order valence-electron chi connectivity index (χ2n) is 5.79. The van der Waals surface area contributed by atoms with Crippen molar-refractivity contribution >= 4 is 17.5 Å². The minimum atomic E-state index is -0.179. The number of aromatic amines is 1. The van der Waals surface area contributed by atoms with Gasteiger partial charge in [-0.1, -0.05) is 17.7 Å². The number of aryl methyl sites for hydroxylation is 2. The molecule has 0 radical (unpaired) electrons. The van der Waals surface area contributed by atoms with E-state index in [0.717, 1.165) is 17.8 Å². The van der Waals surface area contributed by atoms with Gasteiger partial charge in [-0.15, -0.1) is 0 Å². The van der Waals surface area contributed by atoms with Gasteiger partial charge in [-0.25, -0.2) is 4.98 Å². The van der Waals surface area contributed by atoms with Gasteiger partial charge < -0.3 is 10.1 Å². The summed E-state index contributed by atoms with van der Waals surface area (Å²) in [5, 5.41) is 10.5. The minimum Gasteiger partial charge on any atom is -0.370 e. The van der Waals surface area contributed by atoms with Gasteiger partial charge in [0.1, 0.15) is 11.9 Å². The highest BCUT2D eigenvalue weighted by Crippen LogP contribution is 2.32. The summed E-state index contributed by atoms with van der Waals surface area (Å²) in [6.45, 7) is 4.92. The van der Waals surface area contributed by atoms with Crippen LogP contribution in [0.25, 0.3) is 0 Å². The van der Waals surface area contributed by atoms with E-state index in [1.807, 2.05) is 19.9 Å². The molecular formula is C16H19ClN4O2. The van der Waals surface area contributed by atoms with Crippen molar-refractivity contribution in [3.05, 3.63) is 46.0 Å². The Morgan fingerprint density at radius 1 is 1.48 bits per heavy atom. The smallest absolute Gasteiger partial charge is 0.251 e. The first-order chi connectivity index (χ1) is 11.0. The number of H-pyrrole nitrogens is 1. The lowest BCUT2D eigenvalue weighted by Crippen LogP contribution is -2.30. The number of hydrogen-bond acceptors (Lipinski definition) is 4. The lowest BCUT2D eigenvalue weighted by molar-refractivity contribution is 0.0798. The maximum absolute atomic E-state index is 12.3. The number of hydrogen-bond donors (Lipinski definition) is 2. The van der Waals surface area contributed by atoms with Crippen LogP contribution in [0.4, 0.5) is 0 Å². The van der Waals surface area contributed by atoms with Crippen LogP contribution in [0.15, 0.2) is 18.2 Å². The molecule has 0 spiro atoms. The number of nitrogens with zero attached hydrogens (tertiary/aromatic N) is 2.